The predicted octanol–water partition coefficient (Wildman–Crippen LogP) is 2.37. The van der Waals surface area contributed by atoms with Crippen LogP contribution in [0.5, 0.6) is 0 Å². The summed E-state index contributed by atoms with van der Waals surface area (Å²) in [6.07, 6.45) is 2.34. The highest BCUT2D eigenvalue weighted by Gasteiger charge is 2.17. The van der Waals surface area contributed by atoms with Crippen molar-refractivity contribution in [3.8, 4) is 11.3 Å². The second-order valence-corrected chi connectivity index (χ2v) is 6.82. The first-order chi connectivity index (χ1) is 13.0. The Bertz CT molecular complexity index is 809. The maximum atomic E-state index is 12.2. The summed E-state index contributed by atoms with van der Waals surface area (Å²) in [6, 6.07) is 7.54. The van der Waals surface area contributed by atoms with Crippen LogP contribution in [0.25, 0.3) is 11.3 Å². The monoisotopic (exact) mass is 371 g/mol. The van der Waals surface area contributed by atoms with E-state index in [0.29, 0.717) is 12.3 Å². The molecule has 7 heteroatoms. The topological polar surface area (TPSA) is 93.5 Å². The van der Waals surface area contributed by atoms with Crippen molar-refractivity contribution in [2.75, 3.05) is 19.7 Å². The van der Waals surface area contributed by atoms with Gasteiger partial charge in [0, 0.05) is 37.7 Å². The van der Waals surface area contributed by atoms with E-state index in [0.717, 1.165) is 30.6 Å². The maximum absolute atomic E-state index is 12.2. The van der Waals surface area contributed by atoms with Crippen molar-refractivity contribution in [3.63, 3.8) is 0 Å². The lowest BCUT2D eigenvalue weighted by molar-refractivity contribution is -0.121. The lowest BCUT2D eigenvalue weighted by Crippen LogP contribution is -2.34. The second kappa shape index (κ2) is 8.81. The summed E-state index contributed by atoms with van der Waals surface area (Å²) >= 11 is 0. The molecule has 0 radical (unpaired) electrons. The summed E-state index contributed by atoms with van der Waals surface area (Å²) < 4.78 is 10.7. The molecule has 1 atom stereocenters. The molecule has 1 saturated heterocycles. The number of nitrogens with zero attached hydrogens (tertiary/aromatic N) is 1. The molecular formula is C20H25N3O4. The Hall–Kier alpha value is -2.67. The van der Waals surface area contributed by atoms with Gasteiger partial charge in [-0.25, -0.2) is 0 Å². The Morgan fingerprint density at radius 3 is 2.78 bits per heavy atom. The molecular weight excluding hydrogens is 346 g/mol. The van der Waals surface area contributed by atoms with E-state index < -0.39 is 0 Å². The van der Waals surface area contributed by atoms with Crippen LogP contribution in [-0.4, -0.2) is 42.8 Å². The first-order valence-corrected chi connectivity index (χ1v) is 9.24. The van der Waals surface area contributed by atoms with Crippen LogP contribution in [0.3, 0.4) is 0 Å². The largest absolute Gasteiger partial charge is 0.376 e. The van der Waals surface area contributed by atoms with E-state index in [9.17, 15) is 9.59 Å². The van der Waals surface area contributed by atoms with E-state index in [-0.39, 0.29) is 36.6 Å². The number of hydrogen-bond acceptors (Lipinski definition) is 5. The molecule has 1 fully saturated rings. The Kier molecular flexibility index (Phi) is 6.24. The number of ether oxygens (including phenoxy) is 1. The van der Waals surface area contributed by atoms with Crippen LogP contribution in [0.4, 0.5) is 0 Å². The molecule has 7 nitrogen and oxygen atoms in total. The van der Waals surface area contributed by atoms with Crippen molar-refractivity contribution in [2.45, 2.75) is 39.2 Å². The quantitative estimate of drug-likeness (QED) is 0.779. The summed E-state index contributed by atoms with van der Waals surface area (Å²) in [7, 11) is 0. The van der Waals surface area contributed by atoms with Crippen LogP contribution in [-0.2, 0) is 9.53 Å². The number of hydrogen-bond donors (Lipinski definition) is 2. The second-order valence-electron chi connectivity index (χ2n) is 6.82. The third-order valence-corrected chi connectivity index (χ3v) is 4.72. The highest BCUT2D eigenvalue weighted by Crippen LogP contribution is 2.23. The van der Waals surface area contributed by atoms with Crippen molar-refractivity contribution < 1.29 is 18.8 Å². The SMILES string of the molecule is Cc1ccc(-c2cc(C(=O)NCCC(=O)NC[C@@H]3CCCO3)no2)cc1C. The number of amides is 2. The molecule has 0 unspecified atom stereocenters. The summed E-state index contributed by atoms with van der Waals surface area (Å²) in [5.74, 6) is 0.0695. The summed E-state index contributed by atoms with van der Waals surface area (Å²) in [5, 5.41) is 9.34. The first kappa shape index (κ1) is 19.1. The Labute approximate surface area is 158 Å². The minimum absolute atomic E-state index is 0.109. The number of rotatable bonds is 7. The van der Waals surface area contributed by atoms with Gasteiger partial charge in [-0.3, -0.25) is 9.59 Å². The van der Waals surface area contributed by atoms with Gasteiger partial charge in [0.05, 0.1) is 6.10 Å². The van der Waals surface area contributed by atoms with Gasteiger partial charge in [0.2, 0.25) is 5.91 Å². The van der Waals surface area contributed by atoms with Crippen LogP contribution in [0.15, 0.2) is 28.8 Å². The van der Waals surface area contributed by atoms with Crippen LogP contribution in [0.1, 0.15) is 40.9 Å². The van der Waals surface area contributed by atoms with Crippen LogP contribution < -0.4 is 10.6 Å². The van der Waals surface area contributed by atoms with E-state index >= 15 is 0 Å². The number of aromatic nitrogens is 1. The average Bonchev–Trinajstić information content (AvgIpc) is 3.34. The molecule has 27 heavy (non-hydrogen) atoms. The Morgan fingerprint density at radius 1 is 1.19 bits per heavy atom. The van der Waals surface area contributed by atoms with Gasteiger partial charge >= 0.3 is 0 Å². The number of carbonyl (C=O) groups excluding carboxylic acids is 2. The molecule has 144 valence electrons. The number of carbonyl (C=O) groups is 2. The average molecular weight is 371 g/mol. The number of nitrogens with one attached hydrogen (secondary N) is 2. The lowest BCUT2D eigenvalue weighted by Gasteiger charge is -2.10. The van der Waals surface area contributed by atoms with Gasteiger partial charge < -0.3 is 19.9 Å². The highest BCUT2D eigenvalue weighted by molar-refractivity contribution is 5.93. The van der Waals surface area contributed by atoms with Gasteiger partial charge in [0.1, 0.15) is 0 Å². The van der Waals surface area contributed by atoms with Crippen molar-refractivity contribution in [1.82, 2.24) is 15.8 Å². The summed E-state index contributed by atoms with van der Waals surface area (Å²) in [6.45, 7) is 5.58. The highest BCUT2D eigenvalue weighted by atomic mass is 16.5. The fraction of sp³-hybridized carbons (Fsp3) is 0.450. The Morgan fingerprint density at radius 2 is 2.04 bits per heavy atom. The molecule has 1 aliphatic rings. The molecule has 2 N–H and O–H groups in total. The standard InChI is InChI=1S/C20H25N3O4/c1-13-5-6-15(10-14(13)2)18-11-17(23-27-18)20(25)21-8-7-19(24)22-12-16-4-3-9-26-16/h5-6,10-11,16H,3-4,7-9,12H2,1-2H3,(H,21,25)(H,22,24)/t16-/m0/s1. The molecule has 2 amide bonds. The predicted molar refractivity (Wildman–Crippen MR) is 100 cm³/mol. The first-order valence-electron chi connectivity index (χ1n) is 9.24. The smallest absolute Gasteiger partial charge is 0.273 e. The summed E-state index contributed by atoms with van der Waals surface area (Å²) in [4.78, 5) is 24.0. The lowest BCUT2D eigenvalue weighted by atomic mass is 10.0. The normalized spacial score (nSPS) is 16.3. The van der Waals surface area contributed by atoms with Crippen LogP contribution in [0.2, 0.25) is 0 Å². The van der Waals surface area contributed by atoms with E-state index in [1.165, 1.54) is 5.56 Å². The van der Waals surface area contributed by atoms with Gasteiger partial charge in [0.15, 0.2) is 11.5 Å². The minimum Gasteiger partial charge on any atom is -0.376 e. The third kappa shape index (κ3) is 5.17. The molecule has 0 saturated carbocycles. The third-order valence-electron chi connectivity index (χ3n) is 4.72. The fourth-order valence-corrected chi connectivity index (χ4v) is 2.91. The summed E-state index contributed by atoms with van der Waals surface area (Å²) in [5.41, 5.74) is 3.40. The van der Waals surface area contributed by atoms with E-state index in [1.807, 2.05) is 32.0 Å². The van der Waals surface area contributed by atoms with Crippen molar-refractivity contribution in [3.05, 3.63) is 41.1 Å². The molecule has 1 aromatic carbocycles. The van der Waals surface area contributed by atoms with Gasteiger partial charge in [-0.2, -0.15) is 0 Å². The van der Waals surface area contributed by atoms with E-state index in [2.05, 4.69) is 15.8 Å². The molecule has 2 heterocycles. The molecule has 0 bridgehead atoms. The van der Waals surface area contributed by atoms with E-state index in [4.69, 9.17) is 9.26 Å². The van der Waals surface area contributed by atoms with Crippen molar-refractivity contribution >= 4 is 11.8 Å². The van der Waals surface area contributed by atoms with Gasteiger partial charge in [-0.15, -0.1) is 0 Å². The van der Waals surface area contributed by atoms with Gasteiger partial charge in [-0.1, -0.05) is 17.3 Å². The Balaban J connectivity index is 1.45. The zero-order chi connectivity index (χ0) is 19.2. The zero-order valence-corrected chi connectivity index (χ0v) is 15.7. The van der Waals surface area contributed by atoms with Crippen molar-refractivity contribution in [2.24, 2.45) is 0 Å². The van der Waals surface area contributed by atoms with E-state index in [1.54, 1.807) is 6.07 Å². The molecule has 2 aromatic rings. The van der Waals surface area contributed by atoms with Crippen molar-refractivity contribution in [1.29, 1.82) is 0 Å². The van der Waals surface area contributed by atoms with Gasteiger partial charge in [0.25, 0.3) is 5.91 Å². The number of aryl methyl sites for hydroxylation is 2. The molecule has 1 aromatic heterocycles. The van der Waals surface area contributed by atoms with Crippen LogP contribution >= 0.6 is 0 Å². The number of benzene rings is 1. The molecule has 1 aliphatic heterocycles. The minimum atomic E-state index is -0.360. The fourth-order valence-electron chi connectivity index (χ4n) is 2.91. The van der Waals surface area contributed by atoms with Crippen LogP contribution in [0, 0.1) is 13.8 Å². The van der Waals surface area contributed by atoms with Gasteiger partial charge in [-0.05, 0) is 43.9 Å². The zero-order valence-electron chi connectivity index (χ0n) is 15.7. The molecule has 3 rings (SSSR count). The molecule has 0 spiro atoms. The molecule has 0 aliphatic carbocycles. The maximum Gasteiger partial charge on any atom is 0.273 e.